The van der Waals surface area contributed by atoms with Crippen molar-refractivity contribution in [2.75, 3.05) is 0 Å². The Hall–Kier alpha value is -1.06. The van der Waals surface area contributed by atoms with Crippen LogP contribution in [0.3, 0.4) is 0 Å². The van der Waals surface area contributed by atoms with Crippen LogP contribution in [0.25, 0.3) is 0 Å². The lowest BCUT2D eigenvalue weighted by Gasteiger charge is -2.06. The lowest BCUT2D eigenvalue weighted by atomic mass is 10.1. The van der Waals surface area contributed by atoms with E-state index >= 15 is 0 Å². The van der Waals surface area contributed by atoms with Crippen molar-refractivity contribution in [2.24, 2.45) is 5.73 Å². The lowest BCUT2D eigenvalue weighted by molar-refractivity contribution is -0.121. The van der Waals surface area contributed by atoms with E-state index in [0.717, 1.165) is 18.4 Å². The molecule has 0 bridgehead atoms. The van der Waals surface area contributed by atoms with Gasteiger partial charge in [-0.2, -0.15) is 0 Å². The smallest absolute Gasteiger partial charge is 0.220 e. The van der Waals surface area contributed by atoms with Gasteiger partial charge in [-0.15, -0.1) is 0 Å². The molecule has 0 saturated carbocycles. The first-order valence-electron chi connectivity index (χ1n) is 5.84. The normalized spacial score (nSPS) is 12.2. The summed E-state index contributed by atoms with van der Waals surface area (Å²) in [6.07, 6.45) is 2.26. The standard InChI is InChI=1S/C13H19ClN2O/c1-10(15)3-2-4-13(17)16-9-11-5-7-12(14)8-6-11/h5-8,10H,2-4,9,15H2,1H3,(H,16,17). The number of benzene rings is 1. The molecular weight excluding hydrogens is 236 g/mol. The minimum Gasteiger partial charge on any atom is -0.352 e. The molecule has 0 aliphatic carbocycles. The third kappa shape index (κ3) is 6.29. The number of nitrogens with one attached hydrogen (secondary N) is 1. The first kappa shape index (κ1) is 14.0. The van der Waals surface area contributed by atoms with E-state index in [1.165, 1.54) is 0 Å². The fourth-order valence-corrected chi connectivity index (χ4v) is 1.60. The van der Waals surface area contributed by atoms with Crippen molar-refractivity contribution >= 4 is 17.5 Å². The molecule has 0 aliphatic rings. The van der Waals surface area contributed by atoms with Gasteiger partial charge in [-0.05, 0) is 37.5 Å². The SMILES string of the molecule is CC(N)CCCC(=O)NCc1ccc(Cl)cc1. The largest absolute Gasteiger partial charge is 0.352 e. The van der Waals surface area contributed by atoms with Crippen LogP contribution in [0, 0.1) is 0 Å². The fraction of sp³-hybridized carbons (Fsp3) is 0.462. The van der Waals surface area contributed by atoms with Crippen LogP contribution in [-0.4, -0.2) is 11.9 Å². The Labute approximate surface area is 107 Å². The minimum atomic E-state index is 0.0700. The number of hydrogen-bond acceptors (Lipinski definition) is 2. The van der Waals surface area contributed by atoms with E-state index in [2.05, 4.69) is 5.32 Å². The maximum absolute atomic E-state index is 11.5. The quantitative estimate of drug-likeness (QED) is 0.820. The van der Waals surface area contributed by atoms with Crippen molar-refractivity contribution in [1.82, 2.24) is 5.32 Å². The van der Waals surface area contributed by atoms with E-state index in [0.29, 0.717) is 18.0 Å². The molecule has 0 aromatic heterocycles. The number of amides is 1. The molecule has 0 spiro atoms. The van der Waals surface area contributed by atoms with Gasteiger partial charge in [0, 0.05) is 24.0 Å². The zero-order chi connectivity index (χ0) is 12.7. The average molecular weight is 255 g/mol. The molecular formula is C13H19ClN2O. The summed E-state index contributed by atoms with van der Waals surface area (Å²) in [5, 5.41) is 3.57. The van der Waals surface area contributed by atoms with Crippen molar-refractivity contribution in [3.05, 3.63) is 34.9 Å². The Kier molecular flexibility index (Phi) is 6.01. The molecule has 1 aromatic rings. The van der Waals surface area contributed by atoms with E-state index < -0.39 is 0 Å². The third-order valence-electron chi connectivity index (χ3n) is 2.47. The predicted molar refractivity (Wildman–Crippen MR) is 70.8 cm³/mol. The summed E-state index contributed by atoms with van der Waals surface area (Å²) < 4.78 is 0. The van der Waals surface area contributed by atoms with Crippen LogP contribution in [0.1, 0.15) is 31.7 Å². The van der Waals surface area contributed by atoms with Crippen LogP contribution in [0.5, 0.6) is 0 Å². The first-order chi connectivity index (χ1) is 8.08. The highest BCUT2D eigenvalue weighted by Gasteiger charge is 2.02. The Balaban J connectivity index is 2.21. The van der Waals surface area contributed by atoms with Gasteiger partial charge < -0.3 is 11.1 Å². The Morgan fingerprint density at radius 3 is 2.65 bits per heavy atom. The zero-order valence-electron chi connectivity index (χ0n) is 10.1. The third-order valence-corrected chi connectivity index (χ3v) is 2.72. The van der Waals surface area contributed by atoms with Crippen molar-refractivity contribution in [2.45, 2.75) is 38.8 Å². The molecule has 0 saturated heterocycles. The van der Waals surface area contributed by atoms with Gasteiger partial charge in [-0.3, -0.25) is 4.79 Å². The number of nitrogens with two attached hydrogens (primary N) is 1. The van der Waals surface area contributed by atoms with Gasteiger partial charge in [0.1, 0.15) is 0 Å². The van der Waals surface area contributed by atoms with Crippen molar-refractivity contribution < 1.29 is 4.79 Å². The molecule has 0 radical (unpaired) electrons. The number of halogens is 1. The second-order valence-electron chi connectivity index (χ2n) is 4.27. The van der Waals surface area contributed by atoms with Crippen LogP contribution in [0.4, 0.5) is 0 Å². The molecule has 1 atom stereocenters. The van der Waals surface area contributed by atoms with Crippen LogP contribution in [0.15, 0.2) is 24.3 Å². The van der Waals surface area contributed by atoms with Gasteiger partial charge in [-0.25, -0.2) is 0 Å². The zero-order valence-corrected chi connectivity index (χ0v) is 10.8. The molecule has 0 fully saturated rings. The number of rotatable bonds is 6. The number of carbonyl (C=O) groups excluding carboxylic acids is 1. The van der Waals surface area contributed by atoms with E-state index in [1.807, 2.05) is 31.2 Å². The van der Waals surface area contributed by atoms with Crippen molar-refractivity contribution in [3.63, 3.8) is 0 Å². The first-order valence-corrected chi connectivity index (χ1v) is 6.22. The molecule has 4 heteroatoms. The average Bonchev–Trinajstić information content (AvgIpc) is 2.28. The molecule has 1 rings (SSSR count). The highest BCUT2D eigenvalue weighted by atomic mass is 35.5. The number of carbonyl (C=O) groups is 1. The van der Waals surface area contributed by atoms with E-state index in [4.69, 9.17) is 17.3 Å². The van der Waals surface area contributed by atoms with Gasteiger partial charge in [0.25, 0.3) is 0 Å². The van der Waals surface area contributed by atoms with Crippen LogP contribution >= 0.6 is 11.6 Å². The van der Waals surface area contributed by atoms with Crippen molar-refractivity contribution in [1.29, 1.82) is 0 Å². The Bertz CT molecular complexity index is 349. The van der Waals surface area contributed by atoms with Crippen molar-refractivity contribution in [3.8, 4) is 0 Å². The second kappa shape index (κ2) is 7.30. The molecule has 17 heavy (non-hydrogen) atoms. The van der Waals surface area contributed by atoms with Gasteiger partial charge >= 0.3 is 0 Å². The maximum atomic E-state index is 11.5. The molecule has 0 aliphatic heterocycles. The van der Waals surface area contributed by atoms with Crippen LogP contribution < -0.4 is 11.1 Å². The Morgan fingerprint density at radius 2 is 2.06 bits per heavy atom. The molecule has 1 aromatic carbocycles. The van der Waals surface area contributed by atoms with Crippen LogP contribution in [0.2, 0.25) is 5.02 Å². The topological polar surface area (TPSA) is 55.1 Å². The fourth-order valence-electron chi connectivity index (χ4n) is 1.48. The number of hydrogen-bond donors (Lipinski definition) is 2. The van der Waals surface area contributed by atoms with Gasteiger partial charge in [-0.1, -0.05) is 23.7 Å². The van der Waals surface area contributed by atoms with E-state index in [9.17, 15) is 4.79 Å². The minimum absolute atomic E-state index is 0.0700. The van der Waals surface area contributed by atoms with Gasteiger partial charge in [0.15, 0.2) is 0 Å². The molecule has 3 nitrogen and oxygen atoms in total. The van der Waals surface area contributed by atoms with Gasteiger partial charge in [0.05, 0.1) is 0 Å². The van der Waals surface area contributed by atoms with Crippen LogP contribution in [-0.2, 0) is 11.3 Å². The monoisotopic (exact) mass is 254 g/mol. The predicted octanol–water partition coefficient (Wildman–Crippen LogP) is 2.47. The lowest BCUT2D eigenvalue weighted by Crippen LogP contribution is -2.23. The maximum Gasteiger partial charge on any atom is 0.220 e. The molecule has 1 unspecified atom stereocenters. The molecule has 94 valence electrons. The molecule has 1 amide bonds. The van der Waals surface area contributed by atoms with E-state index in [-0.39, 0.29) is 11.9 Å². The highest BCUT2D eigenvalue weighted by molar-refractivity contribution is 6.30. The highest BCUT2D eigenvalue weighted by Crippen LogP contribution is 2.09. The molecule has 0 heterocycles. The summed E-state index contributed by atoms with van der Waals surface area (Å²) in [5.74, 6) is 0.0700. The second-order valence-corrected chi connectivity index (χ2v) is 4.71. The summed E-state index contributed by atoms with van der Waals surface area (Å²) in [7, 11) is 0. The summed E-state index contributed by atoms with van der Waals surface area (Å²) in [6, 6.07) is 7.62. The molecule has 3 N–H and O–H groups in total. The summed E-state index contributed by atoms with van der Waals surface area (Å²) in [4.78, 5) is 11.5. The Morgan fingerprint density at radius 1 is 1.41 bits per heavy atom. The van der Waals surface area contributed by atoms with Gasteiger partial charge in [0.2, 0.25) is 5.91 Å². The summed E-state index contributed by atoms with van der Waals surface area (Å²) in [5.41, 5.74) is 6.66. The van der Waals surface area contributed by atoms with E-state index in [1.54, 1.807) is 0 Å². The summed E-state index contributed by atoms with van der Waals surface area (Å²) in [6.45, 7) is 2.50. The summed E-state index contributed by atoms with van der Waals surface area (Å²) >= 11 is 5.77.